The lowest BCUT2D eigenvalue weighted by Gasteiger charge is -2.34. The fourth-order valence-corrected chi connectivity index (χ4v) is 5.08. The summed E-state index contributed by atoms with van der Waals surface area (Å²) < 4.78 is 6.03. The van der Waals surface area contributed by atoms with Crippen molar-refractivity contribution in [1.29, 1.82) is 0 Å². The minimum Gasteiger partial charge on any atom is -0.494 e. The second kappa shape index (κ2) is 15.6. The van der Waals surface area contributed by atoms with Crippen LogP contribution < -0.4 is 10.1 Å². The number of unbranched alkanes of at least 4 members (excludes halogenated alkanes) is 2. The van der Waals surface area contributed by atoms with Crippen LogP contribution in [0.1, 0.15) is 49.8 Å². The first-order valence-electron chi connectivity index (χ1n) is 14.5. The summed E-state index contributed by atoms with van der Waals surface area (Å²) >= 11 is 6.13. The van der Waals surface area contributed by atoms with E-state index in [9.17, 15) is 4.79 Å². The zero-order chi connectivity index (χ0) is 28.2. The number of carbonyl (C=O) groups excluding carboxylic acids is 1. The van der Waals surface area contributed by atoms with E-state index in [2.05, 4.69) is 81.9 Å². The molecule has 0 bridgehead atoms. The Labute approximate surface area is 244 Å². The highest BCUT2D eigenvalue weighted by Crippen LogP contribution is 2.28. The Morgan fingerprint density at radius 1 is 0.850 bits per heavy atom. The van der Waals surface area contributed by atoms with Crippen molar-refractivity contribution in [2.45, 2.75) is 39.2 Å². The van der Waals surface area contributed by atoms with E-state index in [4.69, 9.17) is 16.3 Å². The lowest BCUT2D eigenvalue weighted by molar-refractivity contribution is -0.123. The second-order valence-electron chi connectivity index (χ2n) is 10.7. The Bertz CT molecular complexity index is 1200. The van der Waals surface area contributed by atoms with E-state index < -0.39 is 0 Å². The molecule has 0 radical (unpaired) electrons. The summed E-state index contributed by atoms with van der Waals surface area (Å²) in [4.78, 5) is 16.7. The van der Waals surface area contributed by atoms with E-state index in [1.807, 2.05) is 32.0 Å². The van der Waals surface area contributed by atoms with Gasteiger partial charge in [-0.3, -0.25) is 9.69 Å². The SMILES string of the molecule is CC(C)NC(=O)CN1CCN(CCCCCOc2ccc(C=C(c3ccccc3)c3ccc(Cl)cc3)cc2)CC1. The molecule has 0 atom stereocenters. The zero-order valence-electron chi connectivity index (χ0n) is 23.8. The fraction of sp³-hybridized carbons (Fsp3) is 0.382. The fourth-order valence-electron chi connectivity index (χ4n) is 4.95. The van der Waals surface area contributed by atoms with Gasteiger partial charge in [0.1, 0.15) is 5.75 Å². The van der Waals surface area contributed by atoms with Crippen molar-refractivity contribution >= 4 is 29.2 Å². The summed E-state index contributed by atoms with van der Waals surface area (Å²) in [6.45, 7) is 10.4. The van der Waals surface area contributed by atoms with Crippen LogP contribution in [-0.4, -0.2) is 67.6 Å². The molecule has 0 unspecified atom stereocenters. The molecule has 1 aliphatic rings. The van der Waals surface area contributed by atoms with Gasteiger partial charge in [0.05, 0.1) is 13.2 Å². The van der Waals surface area contributed by atoms with Gasteiger partial charge in [0, 0.05) is 37.2 Å². The normalized spacial score (nSPS) is 14.8. The van der Waals surface area contributed by atoms with Crippen LogP contribution in [-0.2, 0) is 4.79 Å². The molecule has 0 spiro atoms. The largest absolute Gasteiger partial charge is 0.494 e. The molecule has 40 heavy (non-hydrogen) atoms. The van der Waals surface area contributed by atoms with Crippen LogP contribution in [0, 0.1) is 0 Å². The van der Waals surface area contributed by atoms with Crippen molar-refractivity contribution in [3.8, 4) is 5.75 Å². The van der Waals surface area contributed by atoms with Gasteiger partial charge in [-0.05, 0) is 92.3 Å². The maximum Gasteiger partial charge on any atom is 0.234 e. The van der Waals surface area contributed by atoms with Gasteiger partial charge in [-0.25, -0.2) is 0 Å². The summed E-state index contributed by atoms with van der Waals surface area (Å²) in [7, 11) is 0. The van der Waals surface area contributed by atoms with Gasteiger partial charge in [-0.2, -0.15) is 0 Å². The van der Waals surface area contributed by atoms with Gasteiger partial charge in [0.25, 0.3) is 0 Å². The molecule has 4 rings (SSSR count). The number of carbonyl (C=O) groups is 1. The van der Waals surface area contributed by atoms with Crippen LogP contribution in [0.25, 0.3) is 11.6 Å². The van der Waals surface area contributed by atoms with Crippen LogP contribution >= 0.6 is 11.6 Å². The number of halogens is 1. The highest BCUT2D eigenvalue weighted by molar-refractivity contribution is 6.30. The highest BCUT2D eigenvalue weighted by atomic mass is 35.5. The first-order chi connectivity index (χ1) is 19.5. The third kappa shape index (κ3) is 9.81. The van der Waals surface area contributed by atoms with Gasteiger partial charge in [-0.1, -0.05) is 66.2 Å². The summed E-state index contributed by atoms with van der Waals surface area (Å²) in [5.74, 6) is 1.03. The minimum atomic E-state index is 0.129. The standard InChI is InChI=1S/C34H42ClN3O2/c1-27(2)36-34(39)26-38-22-20-37(21-23-38)19-7-4-8-24-40-32-17-11-28(12-18-32)25-33(29-9-5-3-6-10-29)30-13-15-31(35)16-14-30/h3,5-6,9-18,25,27H,4,7-8,19-24,26H2,1-2H3,(H,36,39). The molecule has 6 heteroatoms. The summed E-state index contributed by atoms with van der Waals surface area (Å²) in [5.41, 5.74) is 4.58. The number of piperazine rings is 1. The predicted octanol–water partition coefficient (Wildman–Crippen LogP) is 6.62. The van der Waals surface area contributed by atoms with E-state index in [1.165, 1.54) is 12.0 Å². The second-order valence-corrected chi connectivity index (χ2v) is 11.2. The van der Waals surface area contributed by atoms with Gasteiger partial charge >= 0.3 is 0 Å². The van der Waals surface area contributed by atoms with Crippen molar-refractivity contribution in [3.63, 3.8) is 0 Å². The molecule has 0 aromatic heterocycles. The molecule has 0 saturated carbocycles. The molecule has 1 aliphatic heterocycles. The summed E-state index contributed by atoms with van der Waals surface area (Å²) in [6.07, 6.45) is 5.58. The first kappa shape index (κ1) is 29.9. The third-order valence-corrected chi connectivity index (χ3v) is 7.35. The van der Waals surface area contributed by atoms with Crippen molar-refractivity contribution in [1.82, 2.24) is 15.1 Å². The Morgan fingerprint density at radius 3 is 2.17 bits per heavy atom. The van der Waals surface area contributed by atoms with Crippen LogP contribution in [0.5, 0.6) is 5.75 Å². The Kier molecular flexibility index (Phi) is 11.7. The van der Waals surface area contributed by atoms with Crippen LogP contribution in [0.4, 0.5) is 0 Å². The zero-order valence-corrected chi connectivity index (χ0v) is 24.6. The lowest BCUT2D eigenvalue weighted by atomic mass is 9.96. The van der Waals surface area contributed by atoms with Crippen molar-refractivity contribution in [2.24, 2.45) is 0 Å². The molecule has 3 aromatic rings. The van der Waals surface area contributed by atoms with E-state index >= 15 is 0 Å². The van der Waals surface area contributed by atoms with E-state index in [0.29, 0.717) is 6.54 Å². The number of rotatable bonds is 13. The Balaban J connectivity index is 1.17. The molecule has 3 aromatic carbocycles. The number of hydrogen-bond acceptors (Lipinski definition) is 4. The van der Waals surface area contributed by atoms with Crippen molar-refractivity contribution < 1.29 is 9.53 Å². The van der Waals surface area contributed by atoms with Gasteiger partial charge in [-0.15, -0.1) is 0 Å². The third-order valence-electron chi connectivity index (χ3n) is 7.10. The number of nitrogens with zero attached hydrogens (tertiary/aromatic N) is 2. The molecule has 1 fully saturated rings. The number of hydrogen-bond donors (Lipinski definition) is 1. The summed E-state index contributed by atoms with van der Waals surface area (Å²) in [5, 5.41) is 3.71. The number of amides is 1. The van der Waals surface area contributed by atoms with Crippen LogP contribution in [0.3, 0.4) is 0 Å². The molecule has 5 nitrogen and oxygen atoms in total. The van der Waals surface area contributed by atoms with Crippen molar-refractivity contribution in [3.05, 3.63) is 101 Å². The van der Waals surface area contributed by atoms with E-state index in [0.717, 1.165) is 79.6 Å². The highest BCUT2D eigenvalue weighted by Gasteiger charge is 2.18. The van der Waals surface area contributed by atoms with Gasteiger partial charge in [0.2, 0.25) is 5.91 Å². The summed E-state index contributed by atoms with van der Waals surface area (Å²) in [6, 6.07) is 26.9. The number of ether oxygens (including phenoxy) is 1. The number of benzene rings is 3. The average molecular weight is 560 g/mol. The van der Waals surface area contributed by atoms with Crippen LogP contribution in [0.2, 0.25) is 5.02 Å². The smallest absolute Gasteiger partial charge is 0.234 e. The van der Waals surface area contributed by atoms with Gasteiger partial charge < -0.3 is 15.0 Å². The lowest BCUT2D eigenvalue weighted by Crippen LogP contribution is -2.50. The molecule has 1 heterocycles. The molecule has 212 valence electrons. The van der Waals surface area contributed by atoms with E-state index in [-0.39, 0.29) is 11.9 Å². The quantitative estimate of drug-likeness (QED) is 0.189. The monoisotopic (exact) mass is 559 g/mol. The topological polar surface area (TPSA) is 44.8 Å². The molecular weight excluding hydrogens is 518 g/mol. The molecule has 1 amide bonds. The number of nitrogens with one attached hydrogen (secondary N) is 1. The molecule has 1 saturated heterocycles. The molecule has 0 aliphatic carbocycles. The van der Waals surface area contributed by atoms with Crippen molar-refractivity contribution in [2.75, 3.05) is 45.9 Å². The molecular formula is C34H42ClN3O2. The Morgan fingerprint density at radius 2 is 1.50 bits per heavy atom. The van der Waals surface area contributed by atoms with Gasteiger partial charge in [0.15, 0.2) is 0 Å². The first-order valence-corrected chi connectivity index (χ1v) is 14.8. The van der Waals surface area contributed by atoms with Crippen LogP contribution in [0.15, 0.2) is 78.9 Å². The predicted molar refractivity (Wildman–Crippen MR) is 167 cm³/mol. The maximum atomic E-state index is 12.0. The van der Waals surface area contributed by atoms with E-state index in [1.54, 1.807) is 0 Å². The molecule has 1 N–H and O–H groups in total. The Hall–Kier alpha value is -3.12. The average Bonchev–Trinajstić information content (AvgIpc) is 2.96. The minimum absolute atomic E-state index is 0.129. The maximum absolute atomic E-state index is 12.0.